The molecule has 0 spiro atoms. The smallest absolute Gasteiger partial charge is 0.193 e. The Bertz CT molecular complexity index is 1490. The molecule has 5 nitrogen and oxygen atoms in total. The van der Waals surface area contributed by atoms with E-state index in [0.717, 1.165) is 17.1 Å². The van der Waals surface area contributed by atoms with Crippen LogP contribution in [0.1, 0.15) is 35.4 Å². The number of hydrogen-bond donors (Lipinski definition) is 2. The van der Waals surface area contributed by atoms with Crippen molar-refractivity contribution in [2.45, 2.75) is 24.8 Å². The Hall–Kier alpha value is -3.35. The van der Waals surface area contributed by atoms with Crippen LogP contribution in [0.4, 0.5) is 11.4 Å². The second-order valence-corrected chi connectivity index (χ2v) is 9.75. The van der Waals surface area contributed by atoms with E-state index in [2.05, 4.69) is 16.7 Å². The number of rotatable bonds is 2. The standard InChI is InChI=1S/C26H19ClN2O3S/c27-15-7-8-22-16(12-15)20(30)13-23(32-22)26-25-19(28-17-4-1-2-5-18(17)29-26)10-14(11-21(25)31)24-6-3-9-33-24/h1-9,12-14,26,28-29H,10-11H2/t14-,26-/m0/s1. The van der Waals surface area contributed by atoms with Crippen LogP contribution in [-0.2, 0) is 4.79 Å². The minimum Gasteiger partial charge on any atom is -0.458 e. The average Bonchev–Trinajstić information content (AvgIpc) is 3.28. The molecule has 2 aromatic carbocycles. The summed E-state index contributed by atoms with van der Waals surface area (Å²) in [7, 11) is 0. The number of carbonyl (C=O) groups excluding carboxylic acids is 1. The number of para-hydroxylation sites is 2. The topological polar surface area (TPSA) is 71.3 Å². The lowest BCUT2D eigenvalue weighted by Crippen LogP contribution is -2.27. The van der Waals surface area contributed by atoms with Gasteiger partial charge in [0.25, 0.3) is 0 Å². The molecule has 0 amide bonds. The minimum atomic E-state index is -0.583. The van der Waals surface area contributed by atoms with Crippen LogP contribution in [0.3, 0.4) is 0 Å². The van der Waals surface area contributed by atoms with E-state index in [1.807, 2.05) is 35.7 Å². The van der Waals surface area contributed by atoms with Crippen LogP contribution in [0.5, 0.6) is 0 Å². The fraction of sp³-hybridized carbons (Fsp3) is 0.154. The first-order valence-corrected chi connectivity index (χ1v) is 12.0. The summed E-state index contributed by atoms with van der Waals surface area (Å²) in [5.41, 5.74) is 3.47. The molecule has 0 bridgehead atoms. The van der Waals surface area contributed by atoms with Gasteiger partial charge in [-0.05, 0) is 48.2 Å². The second kappa shape index (κ2) is 7.90. The number of halogens is 1. The zero-order valence-electron chi connectivity index (χ0n) is 17.4. The second-order valence-electron chi connectivity index (χ2n) is 8.34. The Balaban J connectivity index is 1.52. The normalized spacial score (nSPS) is 20.0. The molecule has 0 fully saturated rings. The highest BCUT2D eigenvalue weighted by molar-refractivity contribution is 7.10. The number of carbonyl (C=O) groups is 1. The summed E-state index contributed by atoms with van der Waals surface area (Å²) in [6.45, 7) is 0. The zero-order valence-corrected chi connectivity index (χ0v) is 19.0. The molecule has 2 N–H and O–H groups in total. The molecule has 33 heavy (non-hydrogen) atoms. The van der Waals surface area contributed by atoms with Gasteiger partial charge in [0.2, 0.25) is 0 Å². The molecule has 4 aromatic rings. The molecule has 0 saturated heterocycles. The minimum absolute atomic E-state index is 0.0475. The van der Waals surface area contributed by atoms with Gasteiger partial charge < -0.3 is 15.1 Å². The monoisotopic (exact) mass is 474 g/mol. The molecule has 6 rings (SSSR count). The maximum atomic E-state index is 13.5. The molecule has 1 aliphatic heterocycles. The quantitative estimate of drug-likeness (QED) is 0.347. The summed E-state index contributed by atoms with van der Waals surface area (Å²) in [5.74, 6) is 0.579. The van der Waals surface area contributed by atoms with E-state index in [9.17, 15) is 9.59 Å². The highest BCUT2D eigenvalue weighted by Gasteiger charge is 2.37. The first-order valence-electron chi connectivity index (χ1n) is 10.7. The highest BCUT2D eigenvalue weighted by Crippen LogP contribution is 2.45. The van der Waals surface area contributed by atoms with Gasteiger partial charge >= 0.3 is 0 Å². The number of ketones is 1. The number of Topliss-reactive ketones (excluding diaryl/α,β-unsaturated/α-hetero) is 1. The van der Waals surface area contributed by atoms with E-state index in [1.54, 1.807) is 29.5 Å². The molecule has 2 aromatic heterocycles. The van der Waals surface area contributed by atoms with Gasteiger partial charge in [-0.25, -0.2) is 0 Å². The number of allylic oxidation sites excluding steroid dienone is 1. The molecule has 1 aliphatic carbocycles. The number of hydrogen-bond acceptors (Lipinski definition) is 6. The van der Waals surface area contributed by atoms with Crippen LogP contribution in [-0.4, -0.2) is 5.78 Å². The van der Waals surface area contributed by atoms with Gasteiger partial charge in [-0.2, -0.15) is 0 Å². The Morgan fingerprint density at radius 3 is 2.64 bits per heavy atom. The predicted octanol–water partition coefficient (Wildman–Crippen LogP) is 6.49. The fourth-order valence-electron chi connectivity index (χ4n) is 4.72. The maximum Gasteiger partial charge on any atom is 0.193 e. The van der Waals surface area contributed by atoms with Gasteiger partial charge in [-0.15, -0.1) is 11.3 Å². The number of thiophene rings is 1. The van der Waals surface area contributed by atoms with Gasteiger partial charge in [0, 0.05) is 39.6 Å². The van der Waals surface area contributed by atoms with Crippen LogP contribution in [0, 0.1) is 0 Å². The molecule has 3 heterocycles. The van der Waals surface area contributed by atoms with Crippen molar-refractivity contribution >= 4 is 51.1 Å². The summed E-state index contributed by atoms with van der Waals surface area (Å²) in [6, 6.07) is 17.8. The highest BCUT2D eigenvalue weighted by atomic mass is 35.5. The van der Waals surface area contributed by atoms with E-state index in [-0.39, 0.29) is 17.1 Å². The first kappa shape index (κ1) is 20.3. The summed E-state index contributed by atoms with van der Waals surface area (Å²) < 4.78 is 6.17. The third kappa shape index (κ3) is 3.56. The van der Waals surface area contributed by atoms with E-state index < -0.39 is 6.04 Å². The predicted molar refractivity (Wildman–Crippen MR) is 132 cm³/mol. The molecule has 164 valence electrons. The zero-order chi connectivity index (χ0) is 22.5. The summed E-state index contributed by atoms with van der Waals surface area (Å²) in [5, 5.41) is 9.90. The van der Waals surface area contributed by atoms with Crippen molar-refractivity contribution in [2.24, 2.45) is 0 Å². The lowest BCUT2D eigenvalue weighted by Gasteiger charge is -2.28. The van der Waals surface area contributed by atoms with Crippen molar-refractivity contribution in [1.29, 1.82) is 0 Å². The average molecular weight is 475 g/mol. The third-order valence-electron chi connectivity index (χ3n) is 6.25. The lowest BCUT2D eigenvalue weighted by molar-refractivity contribution is -0.116. The Kier molecular flexibility index (Phi) is 4.85. The maximum absolute atomic E-state index is 13.5. The summed E-state index contributed by atoms with van der Waals surface area (Å²) >= 11 is 7.75. The molecular formula is C26H19ClN2O3S. The number of nitrogens with one attached hydrogen (secondary N) is 2. The Morgan fingerprint density at radius 2 is 1.82 bits per heavy atom. The molecule has 2 aliphatic rings. The van der Waals surface area contributed by atoms with Gasteiger partial charge in [-0.3, -0.25) is 9.59 Å². The van der Waals surface area contributed by atoms with Crippen molar-refractivity contribution in [2.75, 3.05) is 10.6 Å². The van der Waals surface area contributed by atoms with Crippen molar-refractivity contribution in [3.8, 4) is 0 Å². The number of fused-ring (bicyclic) bond motifs is 2. The molecule has 0 radical (unpaired) electrons. The van der Waals surface area contributed by atoms with Crippen LogP contribution < -0.4 is 16.1 Å². The van der Waals surface area contributed by atoms with Gasteiger partial charge in [0.15, 0.2) is 11.2 Å². The van der Waals surface area contributed by atoms with Crippen LogP contribution in [0.15, 0.2) is 86.5 Å². The Labute approximate surface area is 198 Å². The Morgan fingerprint density at radius 1 is 0.970 bits per heavy atom. The molecule has 0 unspecified atom stereocenters. The molecule has 2 atom stereocenters. The van der Waals surface area contributed by atoms with E-state index >= 15 is 0 Å². The van der Waals surface area contributed by atoms with Crippen LogP contribution in [0.2, 0.25) is 5.02 Å². The van der Waals surface area contributed by atoms with Crippen molar-refractivity contribution in [3.05, 3.63) is 103 Å². The van der Waals surface area contributed by atoms with Gasteiger partial charge in [0.05, 0.1) is 16.8 Å². The molecule has 7 heteroatoms. The van der Waals surface area contributed by atoms with Crippen LogP contribution >= 0.6 is 22.9 Å². The number of anilines is 2. The van der Waals surface area contributed by atoms with Crippen molar-refractivity contribution in [3.63, 3.8) is 0 Å². The first-order chi connectivity index (χ1) is 16.1. The molecule has 0 saturated carbocycles. The largest absolute Gasteiger partial charge is 0.458 e. The lowest BCUT2D eigenvalue weighted by atomic mass is 9.82. The molecular weight excluding hydrogens is 456 g/mol. The van der Waals surface area contributed by atoms with Crippen molar-refractivity contribution in [1.82, 2.24) is 0 Å². The van der Waals surface area contributed by atoms with E-state index in [0.29, 0.717) is 40.2 Å². The third-order valence-corrected chi connectivity index (χ3v) is 7.52. The van der Waals surface area contributed by atoms with Gasteiger partial charge in [-0.1, -0.05) is 29.8 Å². The fourth-order valence-corrected chi connectivity index (χ4v) is 5.72. The number of benzene rings is 2. The van der Waals surface area contributed by atoms with Crippen LogP contribution in [0.25, 0.3) is 11.0 Å². The summed E-state index contributed by atoms with van der Waals surface area (Å²) in [6.07, 6.45) is 1.13. The van der Waals surface area contributed by atoms with Gasteiger partial charge in [0.1, 0.15) is 17.4 Å². The van der Waals surface area contributed by atoms with E-state index in [1.165, 1.54) is 10.9 Å². The SMILES string of the molecule is O=C1C[C@@H](c2cccs2)CC2=C1[C@H](c1cc(=O)c3cc(Cl)ccc3o1)Nc1ccccc1N2. The van der Waals surface area contributed by atoms with Crippen molar-refractivity contribution < 1.29 is 9.21 Å². The summed E-state index contributed by atoms with van der Waals surface area (Å²) in [4.78, 5) is 27.7. The van der Waals surface area contributed by atoms with E-state index in [4.69, 9.17) is 16.0 Å².